The first kappa shape index (κ1) is 18.2. The lowest BCUT2D eigenvalue weighted by Crippen LogP contribution is -2.22. The van der Waals surface area contributed by atoms with Crippen LogP contribution in [-0.2, 0) is 6.54 Å². The first-order chi connectivity index (χ1) is 12.5. The van der Waals surface area contributed by atoms with Gasteiger partial charge in [0.05, 0.1) is 10.9 Å². The van der Waals surface area contributed by atoms with Gasteiger partial charge in [0.2, 0.25) is 0 Å². The third-order valence-electron chi connectivity index (χ3n) is 3.88. The van der Waals surface area contributed by atoms with Gasteiger partial charge in [-0.15, -0.1) is 18.3 Å². The molecule has 1 aromatic heterocycles. The van der Waals surface area contributed by atoms with Crippen molar-refractivity contribution in [3.8, 4) is 0 Å². The van der Waals surface area contributed by atoms with Crippen molar-refractivity contribution in [3.05, 3.63) is 75.8 Å². The molecule has 3 rings (SSSR count). The van der Waals surface area contributed by atoms with Gasteiger partial charge >= 0.3 is 0 Å². The molecule has 0 aliphatic heterocycles. The summed E-state index contributed by atoms with van der Waals surface area (Å²) in [6.45, 7) is 3.96. The summed E-state index contributed by atoms with van der Waals surface area (Å²) in [4.78, 5) is 29.1. The molecule has 0 atom stereocenters. The van der Waals surface area contributed by atoms with Crippen molar-refractivity contribution >= 4 is 46.5 Å². The number of rotatable bonds is 5. The van der Waals surface area contributed by atoms with Gasteiger partial charge < -0.3 is 10.3 Å². The molecule has 3 aromatic rings. The number of hydrogen-bond acceptors (Lipinski definition) is 4. The molecule has 0 saturated carbocycles. The second-order valence-corrected chi connectivity index (χ2v) is 6.85. The molecule has 0 unspecified atom stereocenters. The van der Waals surface area contributed by atoms with E-state index in [-0.39, 0.29) is 11.5 Å². The number of thioether (sulfide) groups is 1. The topological polar surface area (TPSA) is 66.9 Å². The Balaban J connectivity index is 1.97. The van der Waals surface area contributed by atoms with E-state index in [0.717, 1.165) is 10.6 Å². The quantitative estimate of drug-likeness (QED) is 0.393. The molecule has 2 N–H and O–H groups in total. The second kappa shape index (κ2) is 7.72. The third-order valence-corrected chi connectivity index (χ3v) is 4.93. The minimum Gasteiger partial charge on any atom is -0.332 e. The number of amides is 1. The van der Waals surface area contributed by atoms with Crippen LogP contribution in [0.5, 0.6) is 0 Å². The van der Waals surface area contributed by atoms with Crippen molar-refractivity contribution in [1.29, 1.82) is 0 Å². The van der Waals surface area contributed by atoms with Crippen molar-refractivity contribution < 1.29 is 4.79 Å². The van der Waals surface area contributed by atoms with Gasteiger partial charge in [0, 0.05) is 22.7 Å². The molecule has 7 heteroatoms. The first-order valence-corrected chi connectivity index (χ1v) is 9.50. The van der Waals surface area contributed by atoms with Crippen LogP contribution in [0.2, 0.25) is 0 Å². The first-order valence-electron chi connectivity index (χ1n) is 7.86. The lowest BCUT2D eigenvalue weighted by molar-refractivity contribution is 0.102. The fourth-order valence-electron chi connectivity index (χ4n) is 2.59. The normalized spacial score (nSPS) is 10.7. The number of hydrogen-bond donors (Lipinski definition) is 2. The lowest BCUT2D eigenvalue weighted by Gasteiger charge is -2.09. The number of benzene rings is 2. The zero-order valence-electron chi connectivity index (χ0n) is 14.1. The predicted octanol–water partition coefficient (Wildman–Crippen LogP) is 4.22. The molecule has 1 amide bonds. The Morgan fingerprint density at radius 2 is 2.15 bits per heavy atom. The average Bonchev–Trinajstić information content (AvgIpc) is 2.64. The Morgan fingerprint density at radius 1 is 1.35 bits per heavy atom. The summed E-state index contributed by atoms with van der Waals surface area (Å²) >= 11 is 6.84. The van der Waals surface area contributed by atoms with Crippen LogP contribution in [0.4, 0.5) is 5.69 Å². The highest BCUT2D eigenvalue weighted by Crippen LogP contribution is 2.20. The average molecular weight is 383 g/mol. The molecule has 1 heterocycles. The van der Waals surface area contributed by atoms with E-state index in [2.05, 4.69) is 16.9 Å². The summed E-state index contributed by atoms with van der Waals surface area (Å²) in [5.41, 5.74) is 1.49. The number of carbonyl (C=O) groups is 1. The highest BCUT2D eigenvalue weighted by Gasteiger charge is 2.10. The Labute approximate surface area is 159 Å². The van der Waals surface area contributed by atoms with E-state index in [1.54, 1.807) is 36.0 Å². The fraction of sp³-hybridized carbons (Fsp3) is 0.105. The zero-order valence-corrected chi connectivity index (χ0v) is 15.7. The maximum atomic E-state index is 12.5. The molecule has 0 radical (unpaired) electrons. The summed E-state index contributed by atoms with van der Waals surface area (Å²) in [6.07, 6.45) is 3.59. The number of aromatic nitrogens is 2. The minimum absolute atomic E-state index is 0.205. The molecule has 0 spiro atoms. The predicted molar refractivity (Wildman–Crippen MR) is 110 cm³/mol. The van der Waals surface area contributed by atoms with Crippen LogP contribution < -0.4 is 10.9 Å². The molecule has 0 fully saturated rings. The van der Waals surface area contributed by atoms with Gasteiger partial charge in [-0.2, -0.15) is 0 Å². The lowest BCUT2D eigenvalue weighted by atomic mass is 10.1. The highest BCUT2D eigenvalue weighted by atomic mass is 32.2. The number of aromatic amines is 1. The largest absolute Gasteiger partial charge is 0.332 e. The van der Waals surface area contributed by atoms with Crippen LogP contribution in [0.15, 0.2) is 64.8 Å². The molecule has 0 saturated heterocycles. The standard InChI is InChI=1S/C19H17N3O2S2/c1-3-9-22-18(24)15-8-7-12(10-16(15)21-19(22)25)17(23)20-13-5-4-6-14(11-13)26-2/h3-8,10-11H,1,9H2,2H3,(H,20,23)(H,21,25). The summed E-state index contributed by atoms with van der Waals surface area (Å²) in [7, 11) is 0. The molecule has 132 valence electrons. The number of fused-ring (bicyclic) bond motifs is 1. The third kappa shape index (κ3) is 3.63. The Hall–Kier alpha value is -2.64. The van der Waals surface area contributed by atoms with Crippen LogP contribution in [0, 0.1) is 4.77 Å². The van der Waals surface area contributed by atoms with Crippen molar-refractivity contribution in [3.63, 3.8) is 0 Å². The van der Waals surface area contributed by atoms with Crippen LogP contribution in [0.1, 0.15) is 10.4 Å². The molecular formula is C19H17N3O2S2. The number of carbonyl (C=O) groups excluding carboxylic acids is 1. The van der Waals surface area contributed by atoms with Gasteiger partial charge in [-0.05, 0) is 54.9 Å². The van der Waals surface area contributed by atoms with E-state index >= 15 is 0 Å². The van der Waals surface area contributed by atoms with Crippen LogP contribution >= 0.6 is 24.0 Å². The summed E-state index contributed by atoms with van der Waals surface area (Å²) in [5.74, 6) is -0.250. The zero-order chi connectivity index (χ0) is 18.7. The van der Waals surface area contributed by atoms with E-state index in [1.165, 1.54) is 4.57 Å². The molecule has 0 bridgehead atoms. The maximum absolute atomic E-state index is 12.5. The van der Waals surface area contributed by atoms with Gasteiger partial charge in [-0.1, -0.05) is 12.1 Å². The Morgan fingerprint density at radius 3 is 2.88 bits per heavy atom. The smallest absolute Gasteiger partial charge is 0.262 e. The van der Waals surface area contributed by atoms with E-state index in [1.807, 2.05) is 30.5 Å². The molecule has 0 aliphatic rings. The van der Waals surface area contributed by atoms with Crippen molar-refractivity contribution in [2.24, 2.45) is 0 Å². The summed E-state index contributed by atoms with van der Waals surface area (Å²) < 4.78 is 1.73. The summed E-state index contributed by atoms with van der Waals surface area (Å²) in [5, 5.41) is 3.34. The number of anilines is 1. The van der Waals surface area contributed by atoms with Crippen LogP contribution in [-0.4, -0.2) is 21.7 Å². The van der Waals surface area contributed by atoms with Gasteiger partial charge in [-0.25, -0.2) is 0 Å². The SMILES string of the molecule is C=CCn1c(=S)[nH]c2cc(C(=O)Nc3cccc(SC)c3)ccc2c1=O. The number of allylic oxidation sites excluding steroid dienone is 1. The number of nitrogens with zero attached hydrogens (tertiary/aromatic N) is 1. The molecular weight excluding hydrogens is 366 g/mol. The number of nitrogens with one attached hydrogen (secondary N) is 2. The van der Waals surface area contributed by atoms with Gasteiger partial charge in [0.25, 0.3) is 11.5 Å². The van der Waals surface area contributed by atoms with Gasteiger partial charge in [0.1, 0.15) is 0 Å². The highest BCUT2D eigenvalue weighted by molar-refractivity contribution is 7.98. The van der Waals surface area contributed by atoms with E-state index in [9.17, 15) is 9.59 Å². The van der Waals surface area contributed by atoms with E-state index in [0.29, 0.717) is 27.8 Å². The van der Waals surface area contributed by atoms with E-state index < -0.39 is 0 Å². The van der Waals surface area contributed by atoms with Crippen LogP contribution in [0.3, 0.4) is 0 Å². The molecule has 26 heavy (non-hydrogen) atoms. The molecule has 2 aromatic carbocycles. The van der Waals surface area contributed by atoms with E-state index in [4.69, 9.17) is 12.2 Å². The minimum atomic E-state index is -0.250. The van der Waals surface area contributed by atoms with Crippen molar-refractivity contribution in [1.82, 2.24) is 9.55 Å². The second-order valence-electron chi connectivity index (χ2n) is 5.58. The van der Waals surface area contributed by atoms with Gasteiger partial charge in [-0.3, -0.25) is 14.2 Å². The van der Waals surface area contributed by atoms with Crippen LogP contribution in [0.25, 0.3) is 10.9 Å². The summed E-state index contributed by atoms with van der Waals surface area (Å²) in [6, 6.07) is 12.5. The fourth-order valence-corrected chi connectivity index (χ4v) is 3.32. The molecule has 0 aliphatic carbocycles. The van der Waals surface area contributed by atoms with Crippen molar-refractivity contribution in [2.75, 3.05) is 11.6 Å². The Bertz CT molecular complexity index is 1120. The van der Waals surface area contributed by atoms with Gasteiger partial charge in [0.15, 0.2) is 4.77 Å². The maximum Gasteiger partial charge on any atom is 0.262 e. The number of H-pyrrole nitrogens is 1. The Kier molecular flexibility index (Phi) is 5.39. The molecule has 5 nitrogen and oxygen atoms in total. The van der Waals surface area contributed by atoms with Crippen molar-refractivity contribution in [2.45, 2.75) is 11.4 Å². The monoisotopic (exact) mass is 383 g/mol.